The Labute approximate surface area is 48.2 Å². The topological polar surface area (TPSA) is 36.9 Å². The van der Waals surface area contributed by atoms with Crippen molar-refractivity contribution in [3.8, 4) is 0 Å². The van der Waals surface area contributed by atoms with Gasteiger partial charge in [-0.1, -0.05) is 0 Å². The van der Waals surface area contributed by atoms with Crippen LogP contribution < -0.4 is 0 Å². The molecule has 8 heavy (non-hydrogen) atoms. The minimum atomic E-state index is -0.722. The highest BCUT2D eigenvalue weighted by atomic mass is 17.2. The van der Waals surface area contributed by atoms with E-state index < -0.39 is 6.48 Å². The summed E-state index contributed by atoms with van der Waals surface area (Å²) in [5.74, 6) is 0. The van der Waals surface area contributed by atoms with E-state index in [0.29, 0.717) is 0 Å². The van der Waals surface area contributed by atoms with Gasteiger partial charge in [0.05, 0.1) is 7.11 Å². The number of ether oxygens (including phenoxy) is 2. The van der Waals surface area contributed by atoms with Crippen LogP contribution in [0.3, 0.4) is 0 Å². The van der Waals surface area contributed by atoms with Crippen molar-refractivity contribution in [3.05, 3.63) is 0 Å². The van der Waals surface area contributed by atoms with E-state index >= 15 is 0 Å². The summed E-state index contributed by atoms with van der Waals surface area (Å²) in [5, 5.41) is 0. The van der Waals surface area contributed by atoms with Crippen LogP contribution in [0, 0.1) is 0 Å². The van der Waals surface area contributed by atoms with Crippen molar-refractivity contribution in [2.24, 2.45) is 0 Å². The lowest BCUT2D eigenvalue weighted by molar-refractivity contribution is -0.424. The zero-order valence-corrected chi connectivity index (χ0v) is 5.21. The van der Waals surface area contributed by atoms with Crippen LogP contribution in [0.15, 0.2) is 0 Å². The highest BCUT2D eigenvalue weighted by molar-refractivity contribution is 4.05. The van der Waals surface area contributed by atoms with Crippen molar-refractivity contribution in [2.75, 3.05) is 21.3 Å². The second-order valence-corrected chi connectivity index (χ2v) is 1.02. The molecule has 0 aliphatic carbocycles. The summed E-state index contributed by atoms with van der Waals surface area (Å²) in [6.07, 6.45) is 0. The molecule has 0 aromatic carbocycles. The van der Waals surface area contributed by atoms with Gasteiger partial charge in [0, 0.05) is 14.2 Å². The summed E-state index contributed by atoms with van der Waals surface area (Å²) in [6, 6.07) is 0. The monoisotopic (exact) mass is 122 g/mol. The molecule has 0 aromatic rings. The van der Waals surface area contributed by atoms with Gasteiger partial charge in [0.2, 0.25) is 0 Å². The Morgan fingerprint density at radius 1 is 1.00 bits per heavy atom. The predicted molar refractivity (Wildman–Crippen MR) is 25.9 cm³/mol. The molecule has 0 N–H and O–H groups in total. The largest absolute Gasteiger partial charge is 0.331 e. The Morgan fingerprint density at radius 2 is 1.50 bits per heavy atom. The van der Waals surface area contributed by atoms with E-state index in [4.69, 9.17) is 0 Å². The van der Waals surface area contributed by atoms with E-state index in [0.717, 1.165) is 0 Å². The average Bonchev–Trinajstić information content (AvgIpc) is 1.83. The van der Waals surface area contributed by atoms with E-state index in [1.165, 1.54) is 21.3 Å². The number of methoxy groups -OCH3 is 2. The van der Waals surface area contributed by atoms with Crippen LogP contribution in [0.25, 0.3) is 0 Å². The summed E-state index contributed by atoms with van der Waals surface area (Å²) in [4.78, 5) is 8.63. The highest BCUT2D eigenvalue weighted by Crippen LogP contribution is 1.91. The van der Waals surface area contributed by atoms with Crippen LogP contribution in [-0.2, 0) is 19.2 Å². The van der Waals surface area contributed by atoms with E-state index in [1.807, 2.05) is 0 Å². The summed E-state index contributed by atoms with van der Waals surface area (Å²) in [5.41, 5.74) is 0. The molecule has 0 heterocycles. The molecule has 0 rings (SSSR count). The summed E-state index contributed by atoms with van der Waals surface area (Å²) >= 11 is 0. The third kappa shape index (κ3) is 2.92. The maximum absolute atomic E-state index is 4.57. The zero-order chi connectivity index (χ0) is 6.41. The Morgan fingerprint density at radius 3 is 1.62 bits per heavy atom. The first-order chi connectivity index (χ1) is 3.85. The normalized spacial score (nSPS) is 10.5. The van der Waals surface area contributed by atoms with Gasteiger partial charge < -0.3 is 9.47 Å². The van der Waals surface area contributed by atoms with E-state index in [9.17, 15) is 0 Å². The molecule has 50 valence electrons. The molecular weight excluding hydrogens is 112 g/mol. The first-order valence-electron chi connectivity index (χ1n) is 2.10. The predicted octanol–water partition coefficient (Wildman–Crippen LogP) is 0.141. The van der Waals surface area contributed by atoms with Crippen molar-refractivity contribution in [1.82, 2.24) is 0 Å². The van der Waals surface area contributed by atoms with Crippen LogP contribution in [0.1, 0.15) is 0 Å². The van der Waals surface area contributed by atoms with Crippen LogP contribution in [0.5, 0.6) is 0 Å². The number of rotatable bonds is 4. The molecule has 0 amide bonds. The van der Waals surface area contributed by atoms with Crippen molar-refractivity contribution in [3.63, 3.8) is 0 Å². The standard InChI is InChI=1S/C4H10O4/c1-5-4(6-2)8-7-3/h4H,1-3H3. The Kier molecular flexibility index (Phi) is 4.89. The minimum absolute atomic E-state index is 0.722. The van der Waals surface area contributed by atoms with E-state index in [1.54, 1.807) is 0 Å². The van der Waals surface area contributed by atoms with Gasteiger partial charge in [0.1, 0.15) is 0 Å². The van der Waals surface area contributed by atoms with Gasteiger partial charge in [-0.05, 0) is 0 Å². The summed E-state index contributed by atoms with van der Waals surface area (Å²) in [7, 11) is 4.28. The lowest BCUT2D eigenvalue weighted by Gasteiger charge is -2.09. The maximum atomic E-state index is 4.57. The summed E-state index contributed by atoms with van der Waals surface area (Å²) < 4.78 is 9.14. The smallest absolute Gasteiger partial charge is 0.300 e. The highest BCUT2D eigenvalue weighted by Gasteiger charge is 2.01. The Balaban J connectivity index is 3.07. The molecular formula is C4H10O4. The minimum Gasteiger partial charge on any atom is -0.331 e. The van der Waals surface area contributed by atoms with Crippen molar-refractivity contribution >= 4 is 0 Å². The summed E-state index contributed by atoms with van der Waals surface area (Å²) in [6.45, 7) is -0.722. The zero-order valence-electron chi connectivity index (χ0n) is 5.21. The Bertz CT molecular complexity index is 43.3. The molecule has 4 heteroatoms. The van der Waals surface area contributed by atoms with E-state index in [-0.39, 0.29) is 0 Å². The van der Waals surface area contributed by atoms with Gasteiger partial charge in [-0.3, -0.25) is 0 Å². The second kappa shape index (κ2) is 4.99. The first kappa shape index (κ1) is 7.84. The van der Waals surface area contributed by atoms with Crippen LogP contribution in [0.4, 0.5) is 0 Å². The molecule has 0 unspecified atom stereocenters. The van der Waals surface area contributed by atoms with Crippen molar-refractivity contribution in [1.29, 1.82) is 0 Å². The average molecular weight is 122 g/mol. The molecule has 0 radical (unpaired) electrons. The molecule has 0 aliphatic rings. The lowest BCUT2D eigenvalue weighted by Crippen LogP contribution is -2.16. The first-order valence-corrected chi connectivity index (χ1v) is 2.10. The fraction of sp³-hybridized carbons (Fsp3) is 1.00. The molecule has 0 saturated heterocycles. The second-order valence-electron chi connectivity index (χ2n) is 1.02. The van der Waals surface area contributed by atoms with Gasteiger partial charge in [0.25, 0.3) is 0 Å². The molecule has 0 spiro atoms. The lowest BCUT2D eigenvalue weighted by atomic mass is 11.2. The molecule has 0 aromatic heterocycles. The van der Waals surface area contributed by atoms with Gasteiger partial charge in [-0.15, -0.1) is 0 Å². The van der Waals surface area contributed by atoms with Crippen LogP contribution >= 0.6 is 0 Å². The molecule has 0 bridgehead atoms. The van der Waals surface area contributed by atoms with Crippen LogP contribution in [-0.4, -0.2) is 27.8 Å². The molecule has 0 saturated carbocycles. The van der Waals surface area contributed by atoms with Gasteiger partial charge in [-0.2, -0.15) is 4.89 Å². The third-order valence-corrected chi connectivity index (χ3v) is 0.560. The Hall–Kier alpha value is -0.160. The fourth-order valence-electron chi connectivity index (χ4n) is 0.253. The number of hydrogen-bond acceptors (Lipinski definition) is 4. The van der Waals surface area contributed by atoms with E-state index in [2.05, 4.69) is 19.2 Å². The van der Waals surface area contributed by atoms with Gasteiger partial charge in [0.15, 0.2) is 0 Å². The molecule has 0 fully saturated rings. The van der Waals surface area contributed by atoms with Gasteiger partial charge in [-0.25, -0.2) is 4.89 Å². The molecule has 0 aliphatic heterocycles. The van der Waals surface area contributed by atoms with Gasteiger partial charge >= 0.3 is 6.48 Å². The quantitative estimate of drug-likeness (QED) is 0.302. The SMILES string of the molecule is COOC(OC)OC. The third-order valence-electron chi connectivity index (χ3n) is 0.560. The molecule has 4 nitrogen and oxygen atoms in total. The van der Waals surface area contributed by atoms with Crippen molar-refractivity contribution in [2.45, 2.75) is 6.48 Å². The maximum Gasteiger partial charge on any atom is 0.300 e. The fourth-order valence-corrected chi connectivity index (χ4v) is 0.253. The van der Waals surface area contributed by atoms with Crippen molar-refractivity contribution < 1.29 is 19.2 Å². The van der Waals surface area contributed by atoms with Crippen LogP contribution in [0.2, 0.25) is 0 Å². The number of hydrogen-bond donors (Lipinski definition) is 0. The molecule has 0 atom stereocenters.